The van der Waals surface area contributed by atoms with Gasteiger partial charge in [0.05, 0.1) is 18.7 Å². The van der Waals surface area contributed by atoms with Gasteiger partial charge in [-0.25, -0.2) is 0 Å². The van der Waals surface area contributed by atoms with Gasteiger partial charge >= 0.3 is 0 Å². The molecule has 0 aromatic rings. The molecule has 1 fully saturated rings. The van der Waals surface area contributed by atoms with Crippen LogP contribution in [0.3, 0.4) is 0 Å². The van der Waals surface area contributed by atoms with Gasteiger partial charge in [0, 0.05) is 13.0 Å². The average molecular weight is 177 g/mol. The molecule has 0 bridgehead atoms. The molecule has 3 nitrogen and oxygen atoms in total. The van der Waals surface area contributed by atoms with Crippen LogP contribution in [0.15, 0.2) is 0 Å². The van der Waals surface area contributed by atoms with Crippen LogP contribution < -0.4 is 0 Å². The molecule has 1 rings (SSSR count). The molecule has 0 spiro atoms. The fourth-order valence-corrected chi connectivity index (χ4v) is 1.59. The lowest BCUT2D eigenvalue weighted by molar-refractivity contribution is 0.255. The van der Waals surface area contributed by atoms with E-state index in [1.807, 2.05) is 0 Å². The predicted octanol–water partition coefficient (Wildman–Crippen LogP) is 1.53. The number of nitrogens with zero attached hydrogens (tertiary/aromatic N) is 3. The van der Waals surface area contributed by atoms with Crippen LogP contribution in [0.1, 0.15) is 26.2 Å². The van der Waals surface area contributed by atoms with Crippen molar-refractivity contribution >= 4 is 0 Å². The first-order chi connectivity index (χ1) is 6.26. The Hall–Kier alpha value is -1.06. The Morgan fingerprint density at radius 2 is 2.00 bits per heavy atom. The van der Waals surface area contributed by atoms with Crippen LogP contribution in [0.2, 0.25) is 0 Å². The Morgan fingerprint density at radius 3 is 2.38 bits per heavy atom. The second-order valence-electron chi connectivity index (χ2n) is 3.80. The maximum absolute atomic E-state index is 8.62. The Bertz CT molecular complexity index is 242. The molecule has 0 aromatic carbocycles. The van der Waals surface area contributed by atoms with Gasteiger partial charge < -0.3 is 0 Å². The molecule has 1 aliphatic rings. The zero-order valence-electron chi connectivity index (χ0n) is 8.08. The first-order valence-electron chi connectivity index (χ1n) is 4.72. The van der Waals surface area contributed by atoms with Gasteiger partial charge in [-0.1, -0.05) is 6.92 Å². The largest absolute Gasteiger partial charge is 0.290 e. The van der Waals surface area contributed by atoms with Crippen molar-refractivity contribution in [2.24, 2.45) is 5.41 Å². The van der Waals surface area contributed by atoms with E-state index in [1.165, 1.54) is 0 Å². The van der Waals surface area contributed by atoms with Gasteiger partial charge in [-0.15, -0.1) is 0 Å². The van der Waals surface area contributed by atoms with Crippen LogP contribution >= 0.6 is 0 Å². The summed E-state index contributed by atoms with van der Waals surface area (Å²) in [5.41, 5.74) is 0.238. The predicted molar refractivity (Wildman–Crippen MR) is 49.6 cm³/mol. The van der Waals surface area contributed by atoms with E-state index in [-0.39, 0.29) is 5.41 Å². The second-order valence-corrected chi connectivity index (χ2v) is 3.80. The summed E-state index contributed by atoms with van der Waals surface area (Å²) in [5, 5.41) is 17.2. The van der Waals surface area contributed by atoms with Crippen molar-refractivity contribution < 1.29 is 0 Å². The van der Waals surface area contributed by atoms with Gasteiger partial charge in [0.25, 0.3) is 0 Å². The molecule has 0 heterocycles. The third-order valence-corrected chi connectivity index (χ3v) is 2.71. The summed E-state index contributed by atoms with van der Waals surface area (Å²) in [6, 6.07) is 4.39. The third kappa shape index (κ3) is 2.72. The molecule has 0 aliphatic heterocycles. The van der Waals surface area contributed by atoms with Gasteiger partial charge in [-0.05, 0) is 24.8 Å². The van der Waals surface area contributed by atoms with E-state index < -0.39 is 0 Å². The highest BCUT2D eigenvalue weighted by molar-refractivity contribution is 5.01. The third-order valence-electron chi connectivity index (χ3n) is 2.71. The molecule has 0 N–H and O–H groups in total. The van der Waals surface area contributed by atoms with Gasteiger partial charge in [0.1, 0.15) is 0 Å². The van der Waals surface area contributed by atoms with Crippen molar-refractivity contribution in [3.8, 4) is 12.1 Å². The normalized spacial score (nSPS) is 17.8. The van der Waals surface area contributed by atoms with E-state index in [0.717, 1.165) is 25.9 Å². The summed E-state index contributed by atoms with van der Waals surface area (Å²) in [5.74, 6) is 0. The lowest BCUT2D eigenvalue weighted by atomic mass is 10.0. The van der Waals surface area contributed by atoms with Gasteiger partial charge in [-0.3, -0.25) is 4.90 Å². The van der Waals surface area contributed by atoms with Gasteiger partial charge in [0.2, 0.25) is 0 Å². The Balaban J connectivity index is 2.38. The fourth-order valence-electron chi connectivity index (χ4n) is 1.59. The highest BCUT2D eigenvalue weighted by Crippen LogP contribution is 2.48. The van der Waals surface area contributed by atoms with E-state index >= 15 is 0 Å². The number of hydrogen-bond acceptors (Lipinski definition) is 3. The van der Waals surface area contributed by atoms with Gasteiger partial charge in [0.15, 0.2) is 0 Å². The van der Waals surface area contributed by atoms with Crippen LogP contribution in [0.4, 0.5) is 0 Å². The van der Waals surface area contributed by atoms with Crippen molar-refractivity contribution in [1.82, 2.24) is 4.90 Å². The molecule has 0 atom stereocenters. The summed E-state index contributed by atoms with van der Waals surface area (Å²) in [6.45, 7) is 4.37. The lowest BCUT2D eigenvalue weighted by Gasteiger charge is -2.21. The number of rotatable bonds is 5. The van der Waals surface area contributed by atoms with Crippen molar-refractivity contribution in [3.63, 3.8) is 0 Å². The van der Waals surface area contributed by atoms with Crippen molar-refractivity contribution in [2.45, 2.75) is 26.2 Å². The monoisotopic (exact) mass is 177 g/mol. The van der Waals surface area contributed by atoms with Crippen molar-refractivity contribution in [2.75, 3.05) is 19.6 Å². The van der Waals surface area contributed by atoms with Crippen LogP contribution in [0.5, 0.6) is 0 Å². The van der Waals surface area contributed by atoms with E-state index in [4.69, 9.17) is 10.5 Å². The molecule has 0 aromatic heterocycles. The van der Waals surface area contributed by atoms with E-state index in [2.05, 4.69) is 24.0 Å². The summed E-state index contributed by atoms with van der Waals surface area (Å²) in [4.78, 5) is 2.12. The number of nitriles is 2. The molecule has 1 aliphatic carbocycles. The van der Waals surface area contributed by atoms with Crippen LogP contribution in [-0.4, -0.2) is 24.5 Å². The zero-order valence-corrected chi connectivity index (χ0v) is 8.08. The first-order valence-corrected chi connectivity index (χ1v) is 4.72. The zero-order chi connectivity index (χ0) is 9.73. The van der Waals surface area contributed by atoms with E-state index in [0.29, 0.717) is 13.0 Å². The summed E-state index contributed by atoms with van der Waals surface area (Å²) in [7, 11) is 0. The Labute approximate surface area is 79.6 Å². The Morgan fingerprint density at radius 1 is 1.31 bits per heavy atom. The molecule has 1 saturated carbocycles. The fraction of sp³-hybridized carbons (Fsp3) is 0.800. The molecular formula is C10H15N3. The molecule has 13 heavy (non-hydrogen) atoms. The van der Waals surface area contributed by atoms with Crippen LogP contribution in [0.25, 0.3) is 0 Å². The van der Waals surface area contributed by atoms with Gasteiger partial charge in [-0.2, -0.15) is 10.5 Å². The molecule has 0 amide bonds. The van der Waals surface area contributed by atoms with Crippen molar-refractivity contribution in [3.05, 3.63) is 0 Å². The highest BCUT2D eigenvalue weighted by Gasteiger charge is 2.43. The minimum absolute atomic E-state index is 0.238. The lowest BCUT2D eigenvalue weighted by Crippen LogP contribution is -2.30. The van der Waals surface area contributed by atoms with Crippen molar-refractivity contribution in [1.29, 1.82) is 10.5 Å². The molecule has 0 saturated heterocycles. The maximum Gasteiger partial charge on any atom is 0.0866 e. The van der Waals surface area contributed by atoms with Crippen LogP contribution in [0, 0.1) is 28.1 Å². The van der Waals surface area contributed by atoms with E-state index in [9.17, 15) is 0 Å². The molecular weight excluding hydrogens is 162 g/mol. The summed E-state index contributed by atoms with van der Waals surface area (Å²) < 4.78 is 0. The standard InChI is InChI=1S/C10H15N3/c1-2-13(8-7-12)9-10(3-4-10)5-6-11/h2-5,8-9H2,1H3. The number of hydrogen-bond donors (Lipinski definition) is 0. The minimum atomic E-state index is 0.238. The molecule has 0 unspecified atom stereocenters. The quantitative estimate of drug-likeness (QED) is 0.598. The summed E-state index contributed by atoms with van der Waals surface area (Å²) >= 11 is 0. The summed E-state index contributed by atoms with van der Waals surface area (Å²) in [6.07, 6.45) is 2.96. The highest BCUT2D eigenvalue weighted by atomic mass is 15.1. The SMILES string of the molecule is CCN(CC#N)CC1(CC#N)CC1. The minimum Gasteiger partial charge on any atom is -0.290 e. The molecule has 3 heteroatoms. The topological polar surface area (TPSA) is 50.8 Å². The Kier molecular flexibility index (Phi) is 3.28. The smallest absolute Gasteiger partial charge is 0.0866 e. The second kappa shape index (κ2) is 4.25. The molecule has 70 valence electrons. The average Bonchev–Trinajstić information content (AvgIpc) is 2.85. The van der Waals surface area contributed by atoms with E-state index in [1.54, 1.807) is 0 Å². The van der Waals surface area contributed by atoms with Crippen LogP contribution in [-0.2, 0) is 0 Å². The molecule has 0 radical (unpaired) electrons. The first kappa shape index (κ1) is 10.0. The maximum atomic E-state index is 8.62.